The van der Waals surface area contributed by atoms with E-state index in [-0.39, 0.29) is 18.2 Å². The molecule has 0 aromatic heterocycles. The van der Waals surface area contributed by atoms with Gasteiger partial charge >= 0.3 is 0 Å². The fourth-order valence-electron chi connectivity index (χ4n) is 2.91. The minimum absolute atomic E-state index is 0. The Balaban J connectivity index is 0.00000300. The molecule has 2 aromatic carbocycles. The molecule has 2 aromatic rings. The maximum absolute atomic E-state index is 14.4. The smallest absolute Gasteiger partial charge is 0.205 e. The van der Waals surface area contributed by atoms with Crippen molar-refractivity contribution in [3.63, 3.8) is 0 Å². The first-order valence-electron chi connectivity index (χ1n) is 9.10. The molecule has 0 atom stereocenters. The van der Waals surface area contributed by atoms with Crippen molar-refractivity contribution < 1.29 is 27.0 Å². The van der Waals surface area contributed by atoms with Crippen LogP contribution in [0, 0.1) is 23.3 Å². The third-order valence-corrected chi connectivity index (χ3v) is 4.54. The lowest BCUT2D eigenvalue weighted by Gasteiger charge is -2.25. The summed E-state index contributed by atoms with van der Waals surface area (Å²) in [6, 6.07) is 6.47. The van der Waals surface area contributed by atoms with E-state index in [4.69, 9.17) is 9.47 Å². The fourth-order valence-corrected chi connectivity index (χ4v) is 2.91. The van der Waals surface area contributed by atoms with Crippen LogP contribution in [0.2, 0.25) is 0 Å². The molecule has 29 heavy (non-hydrogen) atoms. The van der Waals surface area contributed by atoms with Gasteiger partial charge in [0.15, 0.2) is 11.6 Å². The normalized spacial score (nSPS) is 14.8. The summed E-state index contributed by atoms with van der Waals surface area (Å²) in [5.41, 5.74) is 0.0971. The molecule has 3 nitrogen and oxygen atoms in total. The number of hydrogen-bond acceptors (Lipinski definition) is 3. The molecule has 0 N–H and O–H groups in total. The zero-order chi connectivity index (χ0) is 20.1. The molecule has 1 fully saturated rings. The number of aryl methyl sites for hydroxylation is 1. The first-order valence-corrected chi connectivity index (χ1v) is 9.10. The van der Waals surface area contributed by atoms with Crippen LogP contribution >= 0.6 is 12.4 Å². The van der Waals surface area contributed by atoms with E-state index in [0.29, 0.717) is 39.3 Å². The van der Waals surface area contributed by atoms with Crippen LogP contribution < -0.4 is 4.74 Å². The highest BCUT2D eigenvalue weighted by Crippen LogP contribution is 2.34. The molecular weight excluding hydrogens is 410 g/mol. The van der Waals surface area contributed by atoms with Gasteiger partial charge in [-0.1, -0.05) is 31.2 Å². The Hall–Kier alpha value is -2.09. The molecule has 0 radical (unpaired) electrons. The Bertz CT molecular complexity index is 841. The van der Waals surface area contributed by atoms with E-state index in [1.54, 1.807) is 12.1 Å². The van der Waals surface area contributed by atoms with E-state index in [1.807, 2.05) is 17.9 Å². The monoisotopic (exact) mass is 431 g/mol. The summed E-state index contributed by atoms with van der Waals surface area (Å²) in [5.74, 6) is -7.09. The molecule has 0 unspecified atom stereocenters. The number of nitrogens with zero attached hydrogens (tertiary/aromatic N) is 1. The number of morpholine rings is 1. The van der Waals surface area contributed by atoms with Gasteiger partial charge in [0.05, 0.1) is 18.8 Å². The van der Waals surface area contributed by atoms with Gasteiger partial charge in [-0.3, -0.25) is 4.90 Å². The summed E-state index contributed by atoms with van der Waals surface area (Å²) in [4.78, 5) is 2.00. The second-order valence-electron chi connectivity index (χ2n) is 6.42. The van der Waals surface area contributed by atoms with Gasteiger partial charge in [0.2, 0.25) is 17.4 Å². The molecule has 8 heteroatoms. The predicted octanol–water partition coefficient (Wildman–Crippen LogP) is 5.36. The van der Waals surface area contributed by atoms with Crippen LogP contribution in [-0.4, -0.2) is 37.7 Å². The third-order valence-electron chi connectivity index (χ3n) is 4.54. The zero-order valence-corrected chi connectivity index (χ0v) is 16.7. The van der Waals surface area contributed by atoms with E-state index < -0.39 is 34.6 Å². The van der Waals surface area contributed by atoms with E-state index in [2.05, 4.69) is 0 Å². The molecule has 158 valence electrons. The Morgan fingerprint density at radius 1 is 1.03 bits per heavy atom. The van der Waals surface area contributed by atoms with E-state index in [1.165, 1.54) is 12.1 Å². The minimum atomic E-state index is -1.56. The molecule has 1 aliphatic rings. The van der Waals surface area contributed by atoms with Crippen molar-refractivity contribution in [3.05, 3.63) is 64.7 Å². The summed E-state index contributed by atoms with van der Waals surface area (Å²) in [6.45, 7) is 4.81. The topological polar surface area (TPSA) is 21.7 Å². The van der Waals surface area contributed by atoms with Crippen molar-refractivity contribution in [2.45, 2.75) is 13.3 Å². The van der Waals surface area contributed by atoms with Crippen molar-refractivity contribution in [2.75, 3.05) is 32.8 Å². The lowest BCUT2D eigenvalue weighted by atomic mass is 10.1. The molecular formula is C21H22ClF4NO2. The summed E-state index contributed by atoms with van der Waals surface area (Å²) < 4.78 is 67.8. The third kappa shape index (κ3) is 5.50. The van der Waals surface area contributed by atoms with Crippen LogP contribution in [-0.2, 0) is 11.2 Å². The fraction of sp³-hybridized carbons (Fsp3) is 0.333. The van der Waals surface area contributed by atoms with Gasteiger partial charge in [0, 0.05) is 19.6 Å². The van der Waals surface area contributed by atoms with Crippen molar-refractivity contribution in [3.8, 4) is 11.5 Å². The van der Waals surface area contributed by atoms with E-state index in [0.717, 1.165) is 11.6 Å². The molecule has 3 rings (SSSR count). The molecule has 0 amide bonds. The number of hydrogen-bond donors (Lipinski definition) is 0. The molecule has 1 aliphatic heterocycles. The Kier molecular flexibility index (Phi) is 8.49. The molecule has 1 heterocycles. The van der Waals surface area contributed by atoms with Crippen LogP contribution in [0.15, 0.2) is 30.3 Å². The predicted molar refractivity (Wildman–Crippen MR) is 106 cm³/mol. The first-order chi connectivity index (χ1) is 13.5. The molecule has 0 saturated carbocycles. The number of benzene rings is 2. The van der Waals surface area contributed by atoms with Gasteiger partial charge in [-0.05, 0) is 24.1 Å². The zero-order valence-electron chi connectivity index (χ0n) is 15.9. The number of halogens is 5. The minimum Gasteiger partial charge on any atom is -0.451 e. The van der Waals surface area contributed by atoms with Crippen LogP contribution in [0.4, 0.5) is 17.6 Å². The van der Waals surface area contributed by atoms with Gasteiger partial charge in [-0.15, -0.1) is 12.4 Å². The van der Waals surface area contributed by atoms with Crippen molar-refractivity contribution in [1.82, 2.24) is 4.90 Å². The van der Waals surface area contributed by atoms with Crippen LogP contribution in [0.25, 0.3) is 6.08 Å². The highest BCUT2D eigenvalue weighted by molar-refractivity contribution is 5.85. The number of rotatable bonds is 6. The molecule has 0 aliphatic carbocycles. The van der Waals surface area contributed by atoms with Gasteiger partial charge in [-0.2, -0.15) is 8.78 Å². The lowest BCUT2D eigenvalue weighted by molar-refractivity contribution is 0.0435. The maximum atomic E-state index is 14.4. The lowest BCUT2D eigenvalue weighted by Crippen LogP contribution is -2.36. The average Bonchev–Trinajstić information content (AvgIpc) is 2.73. The summed E-state index contributed by atoms with van der Waals surface area (Å²) in [5, 5.41) is 0. The Morgan fingerprint density at radius 2 is 1.69 bits per heavy atom. The second kappa shape index (κ2) is 10.6. The summed E-state index contributed by atoms with van der Waals surface area (Å²) in [6.07, 6.45) is 3.20. The first kappa shape index (κ1) is 23.2. The van der Waals surface area contributed by atoms with Crippen molar-refractivity contribution in [1.29, 1.82) is 0 Å². The summed E-state index contributed by atoms with van der Waals surface area (Å²) >= 11 is 0. The van der Waals surface area contributed by atoms with E-state index >= 15 is 0 Å². The molecule has 0 spiro atoms. The largest absolute Gasteiger partial charge is 0.451 e. The Labute approximate surface area is 173 Å². The summed E-state index contributed by atoms with van der Waals surface area (Å²) in [7, 11) is 0. The molecule has 0 bridgehead atoms. The van der Waals surface area contributed by atoms with Crippen molar-refractivity contribution >= 4 is 18.5 Å². The second-order valence-corrected chi connectivity index (χ2v) is 6.42. The van der Waals surface area contributed by atoms with Crippen LogP contribution in [0.5, 0.6) is 11.5 Å². The standard InChI is InChI=1S/C21H21F4NO2.ClH/c1-2-14-5-3-6-15(13-14)28-21-19(24)17(22)16(18(23)20(21)25)7-4-8-26-9-11-27-12-10-26;/h3-7,13H,2,8-12H2,1H3;1H. The van der Waals surface area contributed by atoms with E-state index in [9.17, 15) is 17.6 Å². The SMILES string of the molecule is CCc1cccc(Oc2c(F)c(F)c(C=CCN3CCOCC3)c(F)c2F)c1.Cl. The van der Waals surface area contributed by atoms with Crippen LogP contribution in [0.3, 0.4) is 0 Å². The van der Waals surface area contributed by atoms with Gasteiger partial charge in [0.1, 0.15) is 5.75 Å². The maximum Gasteiger partial charge on any atom is 0.205 e. The molecule has 1 saturated heterocycles. The Morgan fingerprint density at radius 3 is 2.31 bits per heavy atom. The van der Waals surface area contributed by atoms with Gasteiger partial charge in [-0.25, -0.2) is 8.78 Å². The highest BCUT2D eigenvalue weighted by Gasteiger charge is 2.26. The highest BCUT2D eigenvalue weighted by atomic mass is 35.5. The number of ether oxygens (including phenoxy) is 2. The van der Waals surface area contributed by atoms with Crippen LogP contribution in [0.1, 0.15) is 18.1 Å². The van der Waals surface area contributed by atoms with Crippen molar-refractivity contribution in [2.24, 2.45) is 0 Å². The quantitative estimate of drug-likeness (QED) is 0.453. The van der Waals surface area contributed by atoms with Gasteiger partial charge < -0.3 is 9.47 Å². The van der Waals surface area contributed by atoms with Gasteiger partial charge in [0.25, 0.3) is 0 Å². The average molecular weight is 432 g/mol.